The number of aromatic amines is 1. The molecule has 29 heavy (non-hydrogen) atoms. The molecule has 0 aliphatic heterocycles. The molecular formula is C20H23ClN2O4S2. The molecule has 3 rings (SSSR count). The number of aryl methyl sites for hydroxylation is 1. The van der Waals surface area contributed by atoms with Crippen LogP contribution in [-0.4, -0.2) is 37.0 Å². The molecule has 0 aliphatic carbocycles. The number of H-pyrrole nitrogens is 1. The van der Waals surface area contributed by atoms with Crippen molar-refractivity contribution in [3.8, 4) is 11.1 Å². The molecule has 0 aliphatic rings. The van der Waals surface area contributed by atoms with Crippen LogP contribution in [0.1, 0.15) is 34.6 Å². The van der Waals surface area contributed by atoms with Crippen LogP contribution in [0.4, 0.5) is 0 Å². The van der Waals surface area contributed by atoms with E-state index in [9.17, 15) is 18.3 Å². The number of para-hydroxylation sites is 1. The van der Waals surface area contributed by atoms with Crippen molar-refractivity contribution in [1.29, 1.82) is 0 Å². The van der Waals surface area contributed by atoms with Crippen molar-refractivity contribution >= 4 is 51.1 Å². The van der Waals surface area contributed by atoms with Crippen LogP contribution in [0.25, 0.3) is 22.0 Å². The number of nitrogens with one attached hydrogen (secondary N) is 2. The average molecular weight is 455 g/mol. The van der Waals surface area contributed by atoms with Crippen LogP contribution < -0.4 is 4.72 Å². The Bertz CT molecular complexity index is 1140. The predicted molar refractivity (Wildman–Crippen MR) is 122 cm³/mol. The van der Waals surface area contributed by atoms with E-state index in [-0.39, 0.29) is 5.69 Å². The Kier molecular flexibility index (Phi) is 7.40. The van der Waals surface area contributed by atoms with E-state index in [1.54, 1.807) is 43.5 Å². The number of hydrogen-bond donors (Lipinski definition) is 4. The fourth-order valence-corrected chi connectivity index (χ4v) is 4.39. The van der Waals surface area contributed by atoms with Crippen LogP contribution in [0.2, 0.25) is 5.02 Å². The highest BCUT2D eigenvalue weighted by atomic mass is 35.5. The molecule has 0 bridgehead atoms. The molecule has 0 saturated carbocycles. The Hall–Kier alpha value is -2.00. The number of thiol groups is 1. The summed E-state index contributed by atoms with van der Waals surface area (Å²) in [5.74, 6) is -1.10. The quantitative estimate of drug-likeness (QED) is 0.421. The van der Waals surface area contributed by atoms with Gasteiger partial charge in [-0.3, -0.25) is 0 Å². The molecule has 0 fully saturated rings. The Morgan fingerprint density at radius 1 is 1.24 bits per heavy atom. The highest BCUT2D eigenvalue weighted by Crippen LogP contribution is 2.37. The van der Waals surface area contributed by atoms with E-state index in [1.807, 2.05) is 13.0 Å². The highest BCUT2D eigenvalue weighted by molar-refractivity contribution is 7.88. The number of aromatic nitrogens is 1. The van der Waals surface area contributed by atoms with Gasteiger partial charge >= 0.3 is 5.97 Å². The number of rotatable bonds is 5. The lowest BCUT2D eigenvalue weighted by molar-refractivity contribution is 0.0692. The summed E-state index contributed by atoms with van der Waals surface area (Å²) >= 11 is 9.70. The Balaban J connectivity index is 0.00000145. The lowest BCUT2D eigenvalue weighted by atomic mass is 9.98. The van der Waals surface area contributed by atoms with Gasteiger partial charge in [0.2, 0.25) is 10.0 Å². The summed E-state index contributed by atoms with van der Waals surface area (Å²) in [6, 6.07) is 10.2. The van der Waals surface area contributed by atoms with E-state index in [2.05, 4.69) is 22.3 Å². The maximum atomic E-state index is 11.9. The minimum atomic E-state index is -3.42. The lowest BCUT2D eigenvalue weighted by Gasteiger charge is -2.13. The van der Waals surface area contributed by atoms with Crippen LogP contribution >= 0.6 is 24.2 Å². The summed E-state index contributed by atoms with van der Waals surface area (Å²) in [6.07, 6.45) is 2.78. The van der Waals surface area contributed by atoms with Gasteiger partial charge in [-0.2, -0.15) is 12.6 Å². The first kappa shape index (κ1) is 23.3. The van der Waals surface area contributed by atoms with Crippen LogP contribution in [0.5, 0.6) is 0 Å². The van der Waals surface area contributed by atoms with Crippen molar-refractivity contribution in [2.45, 2.75) is 19.9 Å². The SMILES string of the molecule is CS.Cc1cc(Cl)cc(-c2c(C(=O)O)[nH]c3c(C(C)NS(C)(=O)=O)cccc23)c1. The molecule has 156 valence electrons. The summed E-state index contributed by atoms with van der Waals surface area (Å²) in [5.41, 5.74) is 3.38. The fourth-order valence-electron chi connectivity index (χ4n) is 3.33. The largest absolute Gasteiger partial charge is 0.477 e. The van der Waals surface area contributed by atoms with E-state index in [1.165, 1.54) is 0 Å². The second-order valence-electron chi connectivity index (χ2n) is 6.58. The van der Waals surface area contributed by atoms with Crippen molar-refractivity contribution in [1.82, 2.24) is 9.71 Å². The Labute approximate surface area is 180 Å². The third kappa shape index (κ3) is 5.33. The minimum absolute atomic E-state index is 0.0330. The van der Waals surface area contributed by atoms with Crippen molar-refractivity contribution in [2.75, 3.05) is 12.5 Å². The van der Waals surface area contributed by atoms with Crippen LogP contribution in [0.15, 0.2) is 36.4 Å². The molecule has 0 amide bonds. The van der Waals surface area contributed by atoms with Crippen LogP contribution in [0, 0.1) is 6.92 Å². The molecule has 3 N–H and O–H groups in total. The number of hydrogen-bond acceptors (Lipinski definition) is 4. The van der Waals surface area contributed by atoms with Crippen molar-refractivity contribution in [2.24, 2.45) is 0 Å². The van der Waals surface area contributed by atoms with Gasteiger partial charge in [0.15, 0.2) is 0 Å². The number of fused-ring (bicyclic) bond motifs is 1. The molecule has 6 nitrogen and oxygen atoms in total. The molecule has 1 heterocycles. The summed E-state index contributed by atoms with van der Waals surface area (Å²) in [7, 11) is -3.42. The molecule has 1 aromatic heterocycles. The standard InChI is InChI=1S/C19H19ClN2O4S.CH4S/c1-10-7-12(9-13(20)8-10)16-15-6-4-5-14(11(2)22-27(3,25)26)17(15)21-18(16)19(23)24;1-2/h4-9,11,21-22H,1-3H3,(H,23,24);2H,1H3. The number of aromatic carboxylic acids is 1. The van der Waals surface area contributed by atoms with E-state index in [0.717, 1.165) is 11.8 Å². The first-order chi connectivity index (χ1) is 13.6. The molecular weight excluding hydrogens is 432 g/mol. The lowest BCUT2D eigenvalue weighted by Crippen LogP contribution is -2.25. The molecule has 0 radical (unpaired) electrons. The van der Waals surface area contributed by atoms with Gasteiger partial charge in [-0.15, -0.1) is 0 Å². The number of carbonyl (C=O) groups is 1. The summed E-state index contributed by atoms with van der Waals surface area (Å²) in [6.45, 7) is 3.59. The van der Waals surface area contributed by atoms with E-state index >= 15 is 0 Å². The van der Waals surface area contributed by atoms with Crippen molar-refractivity contribution in [3.05, 3.63) is 58.2 Å². The summed E-state index contributed by atoms with van der Waals surface area (Å²) in [5, 5.41) is 10.9. The minimum Gasteiger partial charge on any atom is -0.477 e. The Morgan fingerprint density at radius 3 is 2.45 bits per heavy atom. The second kappa shape index (κ2) is 9.21. The number of sulfonamides is 1. The van der Waals surface area contributed by atoms with Gasteiger partial charge in [-0.1, -0.05) is 35.9 Å². The summed E-state index contributed by atoms with van der Waals surface area (Å²) in [4.78, 5) is 14.8. The Morgan fingerprint density at radius 2 is 1.90 bits per heavy atom. The number of carboxylic acid groups (broad SMARTS) is 1. The topological polar surface area (TPSA) is 99.3 Å². The molecule has 1 unspecified atom stereocenters. The second-order valence-corrected chi connectivity index (χ2v) is 8.80. The molecule has 0 spiro atoms. The number of benzene rings is 2. The van der Waals surface area contributed by atoms with Crippen LogP contribution in [-0.2, 0) is 10.0 Å². The monoisotopic (exact) mass is 454 g/mol. The molecule has 9 heteroatoms. The normalized spacial score (nSPS) is 12.3. The zero-order chi connectivity index (χ0) is 21.9. The average Bonchev–Trinajstić information content (AvgIpc) is 3.01. The highest BCUT2D eigenvalue weighted by Gasteiger charge is 2.22. The predicted octanol–water partition coefficient (Wildman–Crippen LogP) is 4.65. The molecule has 3 aromatic rings. The third-order valence-corrected chi connectivity index (χ3v) is 5.27. The maximum Gasteiger partial charge on any atom is 0.352 e. The molecule has 0 saturated heterocycles. The van der Waals surface area contributed by atoms with Gasteiger partial charge in [0.05, 0.1) is 11.8 Å². The summed E-state index contributed by atoms with van der Waals surface area (Å²) < 4.78 is 25.7. The first-order valence-electron chi connectivity index (χ1n) is 8.64. The third-order valence-electron chi connectivity index (χ3n) is 4.27. The number of halogens is 1. The van der Waals surface area contributed by atoms with E-state index in [4.69, 9.17) is 11.6 Å². The fraction of sp³-hybridized carbons (Fsp3) is 0.250. The first-order valence-corrected chi connectivity index (χ1v) is 11.8. The zero-order valence-electron chi connectivity index (χ0n) is 16.4. The van der Waals surface area contributed by atoms with Gasteiger partial charge in [0.25, 0.3) is 0 Å². The van der Waals surface area contributed by atoms with Gasteiger partial charge in [-0.05, 0) is 48.9 Å². The zero-order valence-corrected chi connectivity index (χ0v) is 18.9. The molecule has 2 aromatic carbocycles. The van der Waals surface area contributed by atoms with Gasteiger partial charge in [0.1, 0.15) is 5.69 Å². The van der Waals surface area contributed by atoms with E-state index in [0.29, 0.717) is 32.6 Å². The smallest absolute Gasteiger partial charge is 0.352 e. The number of carboxylic acids is 1. The van der Waals surface area contributed by atoms with Gasteiger partial charge < -0.3 is 10.1 Å². The van der Waals surface area contributed by atoms with Gasteiger partial charge in [0, 0.05) is 22.0 Å². The van der Waals surface area contributed by atoms with Crippen molar-refractivity contribution < 1.29 is 18.3 Å². The molecule has 1 atom stereocenters. The maximum absolute atomic E-state index is 11.9. The van der Waals surface area contributed by atoms with Crippen molar-refractivity contribution in [3.63, 3.8) is 0 Å². The van der Waals surface area contributed by atoms with Gasteiger partial charge in [-0.25, -0.2) is 17.9 Å². The van der Waals surface area contributed by atoms with E-state index < -0.39 is 22.0 Å². The van der Waals surface area contributed by atoms with Crippen LogP contribution in [0.3, 0.4) is 0 Å².